The summed E-state index contributed by atoms with van der Waals surface area (Å²) in [5.41, 5.74) is 1.21. The van der Waals surface area contributed by atoms with E-state index in [4.69, 9.17) is 6.42 Å². The fourth-order valence-electron chi connectivity index (χ4n) is 1.44. The maximum absolute atomic E-state index is 5.22. The molecule has 0 aliphatic carbocycles. The smallest absolute Gasteiger partial charge is 0.0578 e. The number of pyridine rings is 1. The van der Waals surface area contributed by atoms with E-state index in [0.717, 1.165) is 12.8 Å². The topological polar surface area (TPSA) is 24.9 Å². The van der Waals surface area contributed by atoms with Crippen LogP contribution in [0.5, 0.6) is 0 Å². The third-order valence-corrected chi connectivity index (χ3v) is 2.11. The molecule has 0 spiro atoms. The van der Waals surface area contributed by atoms with Crippen molar-refractivity contribution in [2.24, 2.45) is 0 Å². The van der Waals surface area contributed by atoms with Crippen LogP contribution in [0.15, 0.2) is 24.5 Å². The molecule has 2 nitrogen and oxygen atoms in total. The van der Waals surface area contributed by atoms with Crippen LogP contribution in [0.1, 0.15) is 31.4 Å². The molecule has 0 saturated heterocycles. The van der Waals surface area contributed by atoms with Gasteiger partial charge < -0.3 is 0 Å². The summed E-state index contributed by atoms with van der Waals surface area (Å²) in [5.74, 6) is 2.59. The van der Waals surface area contributed by atoms with Crippen molar-refractivity contribution in [2.75, 3.05) is 6.54 Å². The molecule has 1 aromatic rings. The first-order valence-electron chi connectivity index (χ1n) is 4.95. The molecule has 0 aliphatic rings. The summed E-state index contributed by atoms with van der Waals surface area (Å²) in [4.78, 5) is 4.10. The fourth-order valence-corrected chi connectivity index (χ4v) is 1.44. The third-order valence-electron chi connectivity index (χ3n) is 2.11. The first kappa shape index (κ1) is 10.7. The van der Waals surface area contributed by atoms with E-state index in [-0.39, 0.29) is 0 Å². The third kappa shape index (κ3) is 3.20. The molecule has 1 rings (SSSR count). The fraction of sp³-hybridized carbons (Fsp3) is 0.417. The minimum Gasteiger partial charge on any atom is -0.299 e. The van der Waals surface area contributed by atoms with Gasteiger partial charge >= 0.3 is 0 Å². The number of nitrogens with one attached hydrogen (secondary N) is 1. The Bertz CT molecular complexity index is 287. The van der Waals surface area contributed by atoms with E-state index >= 15 is 0 Å². The lowest BCUT2D eigenvalue weighted by Gasteiger charge is -2.16. The average Bonchev–Trinajstić information content (AvgIpc) is 2.25. The Kier molecular flexibility index (Phi) is 4.74. The molecule has 1 aromatic heterocycles. The quantitative estimate of drug-likeness (QED) is 0.716. The van der Waals surface area contributed by atoms with Gasteiger partial charge in [-0.25, -0.2) is 0 Å². The van der Waals surface area contributed by atoms with Gasteiger partial charge in [-0.2, -0.15) is 0 Å². The lowest BCUT2D eigenvalue weighted by molar-refractivity contribution is 0.523. The van der Waals surface area contributed by atoms with Crippen molar-refractivity contribution >= 4 is 0 Å². The molecular formula is C12H16N2. The van der Waals surface area contributed by atoms with Crippen molar-refractivity contribution in [2.45, 2.75) is 25.8 Å². The predicted molar refractivity (Wildman–Crippen MR) is 58.7 cm³/mol. The second-order valence-electron chi connectivity index (χ2n) is 3.21. The van der Waals surface area contributed by atoms with Gasteiger partial charge in [0.05, 0.1) is 6.54 Å². The highest BCUT2D eigenvalue weighted by Crippen LogP contribution is 2.16. The minimum atomic E-state index is 0.338. The van der Waals surface area contributed by atoms with Crippen molar-refractivity contribution in [1.29, 1.82) is 0 Å². The van der Waals surface area contributed by atoms with Crippen LogP contribution in [-0.4, -0.2) is 11.5 Å². The van der Waals surface area contributed by atoms with Crippen LogP contribution in [0.4, 0.5) is 0 Å². The molecule has 1 atom stereocenters. The van der Waals surface area contributed by atoms with Crippen LogP contribution < -0.4 is 5.32 Å². The van der Waals surface area contributed by atoms with Gasteiger partial charge in [0.1, 0.15) is 0 Å². The number of aromatic nitrogens is 1. The maximum atomic E-state index is 5.22. The number of terminal acetylenes is 1. The summed E-state index contributed by atoms with van der Waals surface area (Å²) < 4.78 is 0. The maximum Gasteiger partial charge on any atom is 0.0578 e. The Hall–Kier alpha value is -1.33. The van der Waals surface area contributed by atoms with Gasteiger partial charge in [-0.15, -0.1) is 6.42 Å². The van der Waals surface area contributed by atoms with Crippen molar-refractivity contribution in [3.05, 3.63) is 30.1 Å². The molecule has 0 aromatic carbocycles. The van der Waals surface area contributed by atoms with Crippen molar-refractivity contribution in [1.82, 2.24) is 10.3 Å². The highest BCUT2D eigenvalue weighted by molar-refractivity contribution is 5.14. The SMILES string of the molecule is C#CCNC(CCC)c1cccnc1. The zero-order chi connectivity index (χ0) is 10.2. The van der Waals surface area contributed by atoms with E-state index in [1.165, 1.54) is 5.56 Å². The molecule has 2 heteroatoms. The monoisotopic (exact) mass is 188 g/mol. The van der Waals surface area contributed by atoms with E-state index in [2.05, 4.69) is 29.2 Å². The number of hydrogen-bond donors (Lipinski definition) is 1. The van der Waals surface area contributed by atoms with E-state index in [1.54, 1.807) is 6.20 Å². The van der Waals surface area contributed by atoms with Crippen molar-refractivity contribution in [3.8, 4) is 12.3 Å². The average molecular weight is 188 g/mol. The predicted octanol–water partition coefficient (Wildman–Crippen LogP) is 2.15. The van der Waals surface area contributed by atoms with Gasteiger partial charge in [0.25, 0.3) is 0 Å². The van der Waals surface area contributed by atoms with Crippen LogP contribution in [0, 0.1) is 12.3 Å². The summed E-state index contributed by atoms with van der Waals surface area (Å²) >= 11 is 0. The highest BCUT2D eigenvalue weighted by Gasteiger charge is 2.08. The van der Waals surface area contributed by atoms with E-state index in [1.807, 2.05) is 12.3 Å². The highest BCUT2D eigenvalue weighted by atomic mass is 14.9. The molecule has 0 aliphatic heterocycles. The summed E-state index contributed by atoms with van der Waals surface area (Å²) in [5, 5.41) is 3.31. The molecule has 0 saturated carbocycles. The second kappa shape index (κ2) is 6.17. The zero-order valence-corrected chi connectivity index (χ0v) is 8.53. The molecule has 0 radical (unpaired) electrons. The molecule has 1 unspecified atom stereocenters. The molecule has 0 amide bonds. The molecule has 14 heavy (non-hydrogen) atoms. The zero-order valence-electron chi connectivity index (χ0n) is 8.53. The molecule has 0 bridgehead atoms. The molecule has 74 valence electrons. The van der Waals surface area contributed by atoms with Crippen LogP contribution in [0.2, 0.25) is 0 Å². The largest absolute Gasteiger partial charge is 0.299 e. The second-order valence-corrected chi connectivity index (χ2v) is 3.21. The van der Waals surface area contributed by atoms with E-state index in [9.17, 15) is 0 Å². The summed E-state index contributed by atoms with van der Waals surface area (Å²) in [7, 11) is 0. The lowest BCUT2D eigenvalue weighted by atomic mass is 10.0. The Morgan fingerprint density at radius 2 is 2.50 bits per heavy atom. The van der Waals surface area contributed by atoms with Crippen LogP contribution in [0.3, 0.4) is 0 Å². The molecule has 1 N–H and O–H groups in total. The van der Waals surface area contributed by atoms with Gasteiger partial charge in [-0.05, 0) is 18.1 Å². The van der Waals surface area contributed by atoms with Crippen LogP contribution in [0.25, 0.3) is 0 Å². The summed E-state index contributed by atoms with van der Waals surface area (Å²) in [6, 6.07) is 4.37. The first-order chi connectivity index (χ1) is 6.88. The van der Waals surface area contributed by atoms with Crippen LogP contribution >= 0.6 is 0 Å². The standard InChI is InChI=1S/C12H16N2/c1-3-6-12(14-8-4-2)11-7-5-9-13-10-11/h2,5,7,9-10,12,14H,3,6,8H2,1H3. The van der Waals surface area contributed by atoms with E-state index in [0.29, 0.717) is 12.6 Å². The van der Waals surface area contributed by atoms with Gasteiger partial charge in [-0.1, -0.05) is 25.3 Å². The lowest BCUT2D eigenvalue weighted by Crippen LogP contribution is -2.21. The van der Waals surface area contributed by atoms with Crippen LogP contribution in [-0.2, 0) is 0 Å². The molecular weight excluding hydrogens is 172 g/mol. The molecule has 1 heterocycles. The number of nitrogens with zero attached hydrogens (tertiary/aromatic N) is 1. The minimum absolute atomic E-state index is 0.338. The van der Waals surface area contributed by atoms with Gasteiger partial charge in [0.2, 0.25) is 0 Å². The van der Waals surface area contributed by atoms with Crippen molar-refractivity contribution in [3.63, 3.8) is 0 Å². The first-order valence-corrected chi connectivity index (χ1v) is 4.95. The number of hydrogen-bond acceptors (Lipinski definition) is 2. The Balaban J connectivity index is 2.63. The van der Waals surface area contributed by atoms with Gasteiger partial charge in [0, 0.05) is 18.4 Å². The summed E-state index contributed by atoms with van der Waals surface area (Å²) in [6.45, 7) is 2.78. The summed E-state index contributed by atoms with van der Waals surface area (Å²) in [6.07, 6.45) is 11.1. The van der Waals surface area contributed by atoms with Crippen molar-refractivity contribution < 1.29 is 0 Å². The Morgan fingerprint density at radius 1 is 1.64 bits per heavy atom. The number of rotatable bonds is 5. The van der Waals surface area contributed by atoms with Gasteiger partial charge in [-0.3, -0.25) is 10.3 Å². The molecule has 0 fully saturated rings. The Labute approximate surface area is 85.8 Å². The van der Waals surface area contributed by atoms with Gasteiger partial charge in [0.15, 0.2) is 0 Å². The Morgan fingerprint density at radius 3 is 3.07 bits per heavy atom. The normalized spacial score (nSPS) is 12.0. The van der Waals surface area contributed by atoms with E-state index < -0.39 is 0 Å².